The lowest BCUT2D eigenvalue weighted by Crippen LogP contribution is -2.60. The van der Waals surface area contributed by atoms with Gasteiger partial charge in [0.2, 0.25) is 5.91 Å². The Labute approximate surface area is 243 Å². The molecule has 3 aliphatic rings. The molecule has 1 saturated heterocycles. The van der Waals surface area contributed by atoms with Gasteiger partial charge in [-0.25, -0.2) is 8.78 Å². The highest BCUT2D eigenvalue weighted by atomic mass is 19.1. The number of rotatable bonds is 6. The summed E-state index contributed by atoms with van der Waals surface area (Å²) >= 11 is 0. The van der Waals surface area contributed by atoms with E-state index in [-0.39, 0.29) is 48.0 Å². The van der Waals surface area contributed by atoms with Crippen molar-refractivity contribution in [3.8, 4) is 5.75 Å². The van der Waals surface area contributed by atoms with Crippen LogP contribution in [-0.2, 0) is 23.2 Å². The van der Waals surface area contributed by atoms with E-state index in [9.17, 15) is 23.5 Å². The van der Waals surface area contributed by atoms with Crippen molar-refractivity contribution >= 4 is 17.5 Å². The molecule has 0 aliphatic carbocycles. The summed E-state index contributed by atoms with van der Waals surface area (Å²) in [5.41, 5.74) is 3.42. The smallest absolute Gasteiger partial charge is 0.254 e. The highest BCUT2D eigenvalue weighted by molar-refractivity contribution is 5.99. The third kappa shape index (κ3) is 5.25. The van der Waals surface area contributed by atoms with Crippen molar-refractivity contribution in [1.29, 1.82) is 0 Å². The maximum Gasteiger partial charge on any atom is 0.254 e. The first kappa shape index (κ1) is 28.2. The molecule has 8 nitrogen and oxygen atoms in total. The number of pyridine rings is 1. The van der Waals surface area contributed by atoms with Crippen LogP contribution >= 0.6 is 0 Å². The Balaban J connectivity index is 1.20. The van der Waals surface area contributed by atoms with Crippen LogP contribution in [0.4, 0.5) is 14.5 Å². The van der Waals surface area contributed by atoms with Crippen LogP contribution in [0, 0.1) is 11.6 Å². The van der Waals surface area contributed by atoms with E-state index in [0.29, 0.717) is 55.1 Å². The van der Waals surface area contributed by atoms with E-state index in [0.717, 1.165) is 17.3 Å². The van der Waals surface area contributed by atoms with E-state index in [1.54, 1.807) is 34.2 Å². The number of piperazine rings is 1. The monoisotopic (exact) mass is 575 g/mol. The Morgan fingerprint density at radius 2 is 2.00 bits per heavy atom. The van der Waals surface area contributed by atoms with Crippen LogP contribution in [0.15, 0.2) is 48.7 Å². The number of carbonyl (C=O) groups is 2. The van der Waals surface area contributed by atoms with Crippen LogP contribution in [0.2, 0.25) is 0 Å². The molecular weight excluding hydrogens is 540 g/mol. The molecule has 3 aromatic rings. The predicted molar refractivity (Wildman–Crippen MR) is 154 cm³/mol. The van der Waals surface area contributed by atoms with E-state index in [1.165, 1.54) is 12.1 Å². The number of nitrogens with one attached hydrogen (secondary N) is 1. The molecule has 220 valence electrons. The van der Waals surface area contributed by atoms with Crippen LogP contribution < -0.4 is 10.2 Å². The van der Waals surface area contributed by atoms with Gasteiger partial charge < -0.3 is 20.2 Å². The Morgan fingerprint density at radius 1 is 1.19 bits per heavy atom. The summed E-state index contributed by atoms with van der Waals surface area (Å²) in [6.45, 7) is 8.84. The summed E-state index contributed by atoms with van der Waals surface area (Å²) in [6.07, 6.45) is 1.93. The molecule has 1 fully saturated rings. The van der Waals surface area contributed by atoms with Gasteiger partial charge in [0.05, 0.1) is 24.5 Å². The quantitative estimate of drug-likeness (QED) is 0.467. The summed E-state index contributed by atoms with van der Waals surface area (Å²) in [6, 6.07) is 10.5. The summed E-state index contributed by atoms with van der Waals surface area (Å²) < 4.78 is 27.8. The SMILES string of the molecule is C[C@@H]1CN(CC(=O)N2CC(C)(C)c3ncc(Cc4ccc(F)cc4F)cc32)[C@@H](CN2Cc3c(O)cccc3C2=O)CN1. The number of fused-ring (bicyclic) bond motifs is 2. The fourth-order valence-corrected chi connectivity index (χ4v) is 6.42. The molecule has 3 aliphatic heterocycles. The van der Waals surface area contributed by atoms with Gasteiger partial charge in [0.25, 0.3) is 5.91 Å². The van der Waals surface area contributed by atoms with Crippen LogP contribution in [0.3, 0.4) is 0 Å². The van der Waals surface area contributed by atoms with E-state index < -0.39 is 11.6 Å². The van der Waals surface area contributed by atoms with Gasteiger partial charge in [-0.1, -0.05) is 26.0 Å². The van der Waals surface area contributed by atoms with Crippen molar-refractivity contribution in [1.82, 2.24) is 20.1 Å². The fourth-order valence-electron chi connectivity index (χ4n) is 6.42. The van der Waals surface area contributed by atoms with E-state index in [4.69, 9.17) is 0 Å². The Hall–Kier alpha value is -3.89. The van der Waals surface area contributed by atoms with E-state index in [1.807, 2.05) is 19.9 Å². The molecule has 2 aromatic carbocycles. The number of hydrogen-bond donors (Lipinski definition) is 2. The maximum atomic E-state index is 14.4. The number of carbonyl (C=O) groups excluding carboxylic acids is 2. The molecule has 0 bridgehead atoms. The molecule has 10 heteroatoms. The molecule has 0 radical (unpaired) electrons. The molecule has 0 saturated carbocycles. The average molecular weight is 576 g/mol. The molecule has 0 unspecified atom stereocenters. The van der Waals surface area contributed by atoms with Gasteiger partial charge in [0.1, 0.15) is 17.4 Å². The molecule has 1 aromatic heterocycles. The molecule has 0 spiro atoms. The third-order valence-corrected chi connectivity index (χ3v) is 8.63. The summed E-state index contributed by atoms with van der Waals surface area (Å²) in [4.78, 5) is 37.3. The number of aromatic hydroxyl groups is 1. The highest BCUT2D eigenvalue weighted by Crippen LogP contribution is 2.40. The lowest BCUT2D eigenvalue weighted by Gasteiger charge is -2.41. The normalized spacial score (nSPS) is 21.5. The number of aromatic nitrogens is 1. The number of halogens is 2. The van der Waals surface area contributed by atoms with Gasteiger partial charge in [-0.05, 0) is 42.3 Å². The standard InChI is InChI=1S/C32H35F2N5O3/c1-19-14-37(23(13-35-19)15-38-16-25-24(31(38)42)5-4-6-28(25)40)17-29(41)39-18-32(2,3)30-27(39)10-20(12-36-30)9-21-7-8-22(33)11-26(21)34/h4-8,10-12,19,23,35,40H,9,13-18H2,1-3H3/t19-,23-/m1/s1. The Kier molecular flexibility index (Phi) is 7.22. The number of phenols is 1. The molecular formula is C32H35F2N5O3. The van der Waals surface area contributed by atoms with E-state index in [2.05, 4.69) is 22.1 Å². The second-order valence-electron chi connectivity index (χ2n) is 12.4. The molecule has 2 atom stereocenters. The molecule has 2 N–H and O–H groups in total. The minimum atomic E-state index is -0.626. The number of benzene rings is 2. The molecule has 6 rings (SSSR count). The van der Waals surface area contributed by atoms with Gasteiger partial charge in [0, 0.05) is 73.5 Å². The first-order valence-corrected chi connectivity index (χ1v) is 14.3. The molecule has 4 heterocycles. The number of amides is 2. The third-order valence-electron chi connectivity index (χ3n) is 8.63. The van der Waals surface area contributed by atoms with Crippen LogP contribution in [0.1, 0.15) is 53.5 Å². The van der Waals surface area contributed by atoms with Crippen LogP contribution in [-0.4, -0.2) is 76.5 Å². The maximum absolute atomic E-state index is 14.4. The van der Waals surface area contributed by atoms with Gasteiger partial charge in [0.15, 0.2) is 0 Å². The largest absolute Gasteiger partial charge is 0.508 e. The predicted octanol–water partition coefficient (Wildman–Crippen LogP) is 3.60. The fraction of sp³-hybridized carbons (Fsp3) is 0.406. The zero-order chi connectivity index (χ0) is 29.8. The molecule has 2 amide bonds. The van der Waals surface area contributed by atoms with Crippen molar-refractivity contribution in [3.63, 3.8) is 0 Å². The second-order valence-corrected chi connectivity index (χ2v) is 12.4. The van der Waals surface area contributed by atoms with Crippen molar-refractivity contribution in [2.45, 2.75) is 51.2 Å². The van der Waals surface area contributed by atoms with E-state index >= 15 is 0 Å². The lowest BCUT2D eigenvalue weighted by atomic mass is 9.91. The van der Waals surface area contributed by atoms with Crippen LogP contribution in [0.5, 0.6) is 5.75 Å². The lowest BCUT2D eigenvalue weighted by molar-refractivity contribution is -0.120. The first-order chi connectivity index (χ1) is 20.0. The van der Waals surface area contributed by atoms with Gasteiger partial charge in [-0.2, -0.15) is 0 Å². The molecule has 42 heavy (non-hydrogen) atoms. The Bertz CT molecular complexity index is 1560. The van der Waals surface area contributed by atoms with Gasteiger partial charge in [-0.15, -0.1) is 0 Å². The average Bonchev–Trinajstić information content (AvgIpc) is 3.40. The number of phenolic OH excluding ortho intramolecular Hbond substituents is 1. The zero-order valence-corrected chi connectivity index (χ0v) is 24.0. The summed E-state index contributed by atoms with van der Waals surface area (Å²) in [5.74, 6) is -1.30. The first-order valence-electron chi connectivity index (χ1n) is 14.3. The number of anilines is 1. The van der Waals surface area contributed by atoms with Crippen molar-refractivity contribution in [2.24, 2.45) is 0 Å². The van der Waals surface area contributed by atoms with Gasteiger partial charge >= 0.3 is 0 Å². The Morgan fingerprint density at radius 3 is 2.76 bits per heavy atom. The van der Waals surface area contributed by atoms with Crippen LogP contribution in [0.25, 0.3) is 0 Å². The minimum Gasteiger partial charge on any atom is -0.508 e. The number of hydrogen-bond acceptors (Lipinski definition) is 6. The van der Waals surface area contributed by atoms with Crippen molar-refractivity contribution in [3.05, 3.63) is 88.2 Å². The second kappa shape index (κ2) is 10.7. The van der Waals surface area contributed by atoms with Gasteiger partial charge in [-0.3, -0.25) is 19.5 Å². The summed E-state index contributed by atoms with van der Waals surface area (Å²) in [7, 11) is 0. The number of nitrogens with zero attached hydrogens (tertiary/aromatic N) is 4. The zero-order valence-electron chi connectivity index (χ0n) is 24.0. The topological polar surface area (TPSA) is 89.0 Å². The minimum absolute atomic E-state index is 0.0680. The highest BCUT2D eigenvalue weighted by Gasteiger charge is 2.41. The van der Waals surface area contributed by atoms with Crippen molar-refractivity contribution in [2.75, 3.05) is 37.6 Å². The van der Waals surface area contributed by atoms with Crippen molar-refractivity contribution < 1.29 is 23.5 Å². The summed E-state index contributed by atoms with van der Waals surface area (Å²) in [5, 5.41) is 13.7.